The average Bonchev–Trinajstić information content (AvgIpc) is 2.68. The molecule has 1 atom stereocenters. The number of carbonyl (C=O) groups excluding carboxylic acids is 2. The predicted octanol–water partition coefficient (Wildman–Crippen LogP) is 1.00. The molecule has 8 heteroatoms. The fourth-order valence-corrected chi connectivity index (χ4v) is 2.10. The van der Waals surface area contributed by atoms with Crippen molar-refractivity contribution >= 4 is 44.7 Å². The average molecular weight is 303 g/mol. The molecule has 1 aliphatic rings. The third kappa shape index (κ3) is 2.70. The maximum atomic E-state index is 11.6. The highest BCUT2D eigenvalue weighted by Gasteiger charge is 2.28. The highest BCUT2D eigenvalue weighted by Crippen LogP contribution is 2.14. The van der Waals surface area contributed by atoms with Crippen LogP contribution >= 0.6 is 27.7 Å². The van der Waals surface area contributed by atoms with Gasteiger partial charge in [0.1, 0.15) is 10.6 Å². The minimum Gasteiger partial charge on any atom is -0.334 e. The van der Waals surface area contributed by atoms with Gasteiger partial charge in [-0.2, -0.15) is 0 Å². The van der Waals surface area contributed by atoms with E-state index in [0.29, 0.717) is 16.2 Å². The molecule has 0 radical (unpaired) electrons. The lowest BCUT2D eigenvalue weighted by Gasteiger charge is -2.08. The smallest absolute Gasteiger partial charge is 0.279 e. The van der Waals surface area contributed by atoms with Crippen molar-refractivity contribution in [3.63, 3.8) is 0 Å². The number of hydrogen-bond donors (Lipinski definition) is 2. The Balaban J connectivity index is 1.97. The lowest BCUT2D eigenvalue weighted by molar-refractivity contribution is -0.117. The van der Waals surface area contributed by atoms with Gasteiger partial charge >= 0.3 is 0 Å². The van der Waals surface area contributed by atoms with Gasteiger partial charge in [-0.25, -0.2) is 9.97 Å². The minimum absolute atomic E-state index is 0.179. The number of nitrogens with one attached hydrogen (secondary N) is 2. The summed E-state index contributed by atoms with van der Waals surface area (Å²) in [6, 6.07) is -0.497. The van der Waals surface area contributed by atoms with Crippen LogP contribution in [0.25, 0.3) is 0 Å². The Hall–Kier alpha value is -1.15. The van der Waals surface area contributed by atoms with Crippen LogP contribution in [0.15, 0.2) is 17.0 Å². The van der Waals surface area contributed by atoms with E-state index in [9.17, 15) is 9.59 Å². The first-order chi connectivity index (χ1) is 7.65. The van der Waals surface area contributed by atoms with Gasteiger partial charge in [0.05, 0.1) is 12.4 Å². The van der Waals surface area contributed by atoms with E-state index in [0.717, 1.165) is 11.8 Å². The van der Waals surface area contributed by atoms with Gasteiger partial charge in [0, 0.05) is 5.75 Å². The first-order valence-electron chi connectivity index (χ1n) is 4.37. The quantitative estimate of drug-likeness (QED) is 0.851. The van der Waals surface area contributed by atoms with Crippen molar-refractivity contribution in [3.8, 4) is 0 Å². The molecular formula is C8H7BrN4O2S. The molecule has 84 valence electrons. The molecule has 2 N–H and O–H groups in total. The van der Waals surface area contributed by atoms with Crippen molar-refractivity contribution in [1.29, 1.82) is 0 Å². The highest BCUT2D eigenvalue weighted by atomic mass is 79.9. The van der Waals surface area contributed by atoms with Crippen LogP contribution in [0, 0.1) is 0 Å². The fourth-order valence-electron chi connectivity index (χ4n) is 1.12. The number of halogens is 1. The van der Waals surface area contributed by atoms with Gasteiger partial charge < -0.3 is 10.6 Å². The maximum Gasteiger partial charge on any atom is 0.279 e. The number of aromatic nitrogens is 2. The molecule has 2 amide bonds. The summed E-state index contributed by atoms with van der Waals surface area (Å²) in [5.41, 5.74) is 0. The zero-order chi connectivity index (χ0) is 11.5. The Bertz CT molecular complexity index is 425. The summed E-state index contributed by atoms with van der Waals surface area (Å²) in [4.78, 5) is 30.4. The van der Waals surface area contributed by atoms with Crippen LogP contribution in [0.2, 0.25) is 0 Å². The van der Waals surface area contributed by atoms with Crippen molar-refractivity contribution in [2.24, 2.45) is 0 Å². The molecule has 0 spiro atoms. The second-order valence-corrected chi connectivity index (χ2v) is 4.81. The summed E-state index contributed by atoms with van der Waals surface area (Å²) in [7, 11) is 0. The van der Waals surface area contributed by atoms with Crippen LogP contribution in [0.3, 0.4) is 0 Å². The van der Waals surface area contributed by atoms with Crippen molar-refractivity contribution in [1.82, 2.24) is 15.3 Å². The molecule has 0 aromatic carbocycles. The lowest BCUT2D eigenvalue weighted by Crippen LogP contribution is -2.38. The second kappa shape index (κ2) is 4.79. The van der Waals surface area contributed by atoms with Crippen LogP contribution in [0.4, 0.5) is 10.6 Å². The van der Waals surface area contributed by atoms with Gasteiger partial charge in [-0.15, -0.1) is 0 Å². The van der Waals surface area contributed by atoms with Gasteiger partial charge in [0.15, 0.2) is 5.82 Å². The maximum absolute atomic E-state index is 11.6. The molecule has 0 bridgehead atoms. The SMILES string of the molecule is O=C1NC(C(=O)Nc2cnc(Br)cn2)CS1. The lowest BCUT2D eigenvalue weighted by atomic mass is 10.3. The monoisotopic (exact) mass is 302 g/mol. The van der Waals surface area contributed by atoms with Crippen LogP contribution in [-0.4, -0.2) is 32.9 Å². The van der Waals surface area contributed by atoms with Crippen LogP contribution in [-0.2, 0) is 4.79 Å². The Morgan fingerprint density at radius 3 is 2.94 bits per heavy atom. The molecular weight excluding hydrogens is 296 g/mol. The van der Waals surface area contributed by atoms with E-state index in [2.05, 4.69) is 36.5 Å². The van der Waals surface area contributed by atoms with Gasteiger partial charge in [-0.3, -0.25) is 9.59 Å². The summed E-state index contributed by atoms with van der Waals surface area (Å²) >= 11 is 4.23. The Kier molecular flexibility index (Phi) is 3.39. The summed E-state index contributed by atoms with van der Waals surface area (Å²) in [6.45, 7) is 0. The number of thioether (sulfide) groups is 1. The molecule has 2 rings (SSSR count). The summed E-state index contributed by atoms with van der Waals surface area (Å²) in [5.74, 6) is 0.517. The summed E-state index contributed by atoms with van der Waals surface area (Å²) in [5, 5.41) is 4.93. The number of amides is 2. The van der Waals surface area contributed by atoms with Crippen molar-refractivity contribution in [2.75, 3.05) is 11.1 Å². The third-order valence-corrected chi connectivity index (χ3v) is 3.15. The molecule has 1 aliphatic heterocycles. The predicted molar refractivity (Wildman–Crippen MR) is 63.1 cm³/mol. The molecule has 1 fully saturated rings. The Labute approximate surface area is 104 Å². The zero-order valence-corrected chi connectivity index (χ0v) is 10.3. The number of nitrogens with zero attached hydrogens (tertiary/aromatic N) is 2. The number of hydrogen-bond acceptors (Lipinski definition) is 5. The number of anilines is 1. The Morgan fingerprint density at radius 2 is 2.38 bits per heavy atom. The molecule has 0 saturated carbocycles. The number of rotatable bonds is 2. The normalized spacial score (nSPS) is 19.3. The zero-order valence-electron chi connectivity index (χ0n) is 7.94. The first kappa shape index (κ1) is 11.3. The molecule has 1 aromatic heterocycles. The third-order valence-electron chi connectivity index (χ3n) is 1.86. The van der Waals surface area contributed by atoms with E-state index >= 15 is 0 Å². The molecule has 1 saturated heterocycles. The van der Waals surface area contributed by atoms with E-state index in [-0.39, 0.29) is 11.1 Å². The van der Waals surface area contributed by atoms with E-state index in [1.165, 1.54) is 12.4 Å². The molecule has 6 nitrogen and oxygen atoms in total. The van der Waals surface area contributed by atoms with Crippen LogP contribution in [0.1, 0.15) is 0 Å². The van der Waals surface area contributed by atoms with Crippen LogP contribution < -0.4 is 10.6 Å². The summed E-state index contributed by atoms with van der Waals surface area (Å²) < 4.78 is 0.593. The fraction of sp³-hybridized carbons (Fsp3) is 0.250. The molecule has 0 aliphatic carbocycles. The molecule has 1 unspecified atom stereocenters. The largest absolute Gasteiger partial charge is 0.334 e. The number of carbonyl (C=O) groups is 2. The van der Waals surface area contributed by atoms with Crippen molar-refractivity contribution < 1.29 is 9.59 Å². The Morgan fingerprint density at radius 1 is 1.56 bits per heavy atom. The topological polar surface area (TPSA) is 84.0 Å². The first-order valence-corrected chi connectivity index (χ1v) is 6.15. The van der Waals surface area contributed by atoms with E-state index in [4.69, 9.17) is 0 Å². The van der Waals surface area contributed by atoms with E-state index < -0.39 is 6.04 Å². The van der Waals surface area contributed by atoms with Crippen molar-refractivity contribution in [3.05, 3.63) is 17.0 Å². The van der Waals surface area contributed by atoms with Gasteiger partial charge in [-0.05, 0) is 15.9 Å². The standard InChI is InChI=1S/C8H7BrN4O2S/c9-5-1-11-6(2-10-5)13-7(14)4-3-16-8(15)12-4/h1-2,4H,3H2,(H,12,15)(H,11,13,14). The molecule has 1 aromatic rings. The highest BCUT2D eigenvalue weighted by molar-refractivity contribution is 9.10. The van der Waals surface area contributed by atoms with Crippen molar-refractivity contribution in [2.45, 2.75) is 6.04 Å². The van der Waals surface area contributed by atoms with Gasteiger partial charge in [0.2, 0.25) is 5.91 Å². The van der Waals surface area contributed by atoms with Gasteiger partial charge in [-0.1, -0.05) is 11.8 Å². The van der Waals surface area contributed by atoms with Gasteiger partial charge in [0.25, 0.3) is 5.24 Å². The van der Waals surface area contributed by atoms with E-state index in [1.807, 2.05) is 0 Å². The van der Waals surface area contributed by atoms with E-state index in [1.54, 1.807) is 0 Å². The molecule has 16 heavy (non-hydrogen) atoms. The summed E-state index contributed by atoms with van der Waals surface area (Å²) in [6.07, 6.45) is 2.92. The minimum atomic E-state index is -0.497. The second-order valence-electron chi connectivity index (χ2n) is 3.01. The molecule has 2 heterocycles. The van der Waals surface area contributed by atoms with Crippen LogP contribution in [0.5, 0.6) is 0 Å².